The predicted molar refractivity (Wildman–Crippen MR) is 129 cm³/mol. The van der Waals surface area contributed by atoms with E-state index in [0.29, 0.717) is 10.0 Å². The Balaban J connectivity index is 1.55. The predicted octanol–water partition coefficient (Wildman–Crippen LogP) is 5.07. The second-order valence-electron chi connectivity index (χ2n) is 7.23. The van der Waals surface area contributed by atoms with Gasteiger partial charge in [-0.3, -0.25) is 14.6 Å². The minimum atomic E-state index is -1.06. The quantitative estimate of drug-likeness (QED) is 0.319. The molecule has 0 bridgehead atoms. The molecule has 2 amide bonds. The number of carbonyl (C=O) groups excluding carboxylic acids is 2. The van der Waals surface area contributed by atoms with E-state index < -0.39 is 29.3 Å². The topological polar surface area (TPSA) is 105 Å². The van der Waals surface area contributed by atoms with Crippen molar-refractivity contribution in [2.75, 3.05) is 24.7 Å². The van der Waals surface area contributed by atoms with Gasteiger partial charge in [-0.2, -0.15) is 0 Å². The van der Waals surface area contributed by atoms with E-state index in [4.69, 9.17) is 4.74 Å². The lowest BCUT2D eigenvalue weighted by atomic mass is 10.1. The van der Waals surface area contributed by atoms with E-state index >= 15 is 0 Å². The smallest absolute Gasteiger partial charge is 0.275 e. The van der Waals surface area contributed by atoms with Gasteiger partial charge >= 0.3 is 0 Å². The van der Waals surface area contributed by atoms with E-state index in [2.05, 4.69) is 25.9 Å². The number of amides is 2. The van der Waals surface area contributed by atoms with E-state index in [-0.39, 0.29) is 34.1 Å². The summed E-state index contributed by atoms with van der Waals surface area (Å²) in [6.07, 6.45) is 1.35. The van der Waals surface area contributed by atoms with Gasteiger partial charge in [-0.15, -0.1) is 0 Å². The zero-order valence-corrected chi connectivity index (χ0v) is 19.7. The Morgan fingerprint density at radius 2 is 1.72 bits per heavy atom. The number of hydrogen-bond acceptors (Lipinski definition) is 7. The molecule has 2 aromatic carbocycles. The van der Waals surface area contributed by atoms with Crippen LogP contribution in [-0.4, -0.2) is 35.9 Å². The molecule has 12 heteroatoms. The van der Waals surface area contributed by atoms with Gasteiger partial charge in [0.1, 0.15) is 17.1 Å². The number of benzene rings is 2. The van der Waals surface area contributed by atoms with Crippen LogP contribution in [0.25, 0.3) is 10.4 Å². The van der Waals surface area contributed by atoms with Gasteiger partial charge in [-0.25, -0.2) is 18.2 Å². The van der Waals surface area contributed by atoms with Gasteiger partial charge in [0.2, 0.25) is 0 Å². The molecule has 0 unspecified atom stereocenters. The highest BCUT2D eigenvalue weighted by Gasteiger charge is 2.21. The van der Waals surface area contributed by atoms with Crippen LogP contribution >= 0.6 is 11.3 Å². The number of thiazole rings is 1. The van der Waals surface area contributed by atoms with Gasteiger partial charge in [0, 0.05) is 38.1 Å². The number of hydrogen-bond donors (Lipinski definition) is 3. The van der Waals surface area contributed by atoms with Crippen LogP contribution in [0.4, 0.5) is 24.0 Å². The number of rotatable bonds is 7. The molecule has 4 aromatic rings. The van der Waals surface area contributed by atoms with Crippen LogP contribution in [0.15, 0.2) is 54.7 Å². The number of nitrogens with one attached hydrogen (secondary N) is 3. The fraction of sp³-hybridized carbons (Fsp3) is 0.0833. The van der Waals surface area contributed by atoms with Crippen molar-refractivity contribution in [3.8, 4) is 21.9 Å². The lowest BCUT2D eigenvalue weighted by Crippen LogP contribution is -2.18. The van der Waals surface area contributed by atoms with Gasteiger partial charge in [0.15, 0.2) is 28.3 Å². The number of anilines is 2. The van der Waals surface area contributed by atoms with Gasteiger partial charge in [-0.1, -0.05) is 17.4 Å². The number of carbonyl (C=O) groups is 2. The fourth-order valence-corrected chi connectivity index (χ4v) is 4.03. The molecule has 0 fully saturated rings. The maximum absolute atomic E-state index is 14.7. The highest BCUT2D eigenvalue weighted by molar-refractivity contribution is 7.19. The normalized spacial score (nSPS) is 10.6. The Labute approximate surface area is 207 Å². The number of nitrogens with zero attached hydrogens (tertiary/aromatic N) is 2. The minimum absolute atomic E-state index is 0.0467. The molecule has 0 aliphatic heterocycles. The third kappa shape index (κ3) is 5.28. The first kappa shape index (κ1) is 24.7. The molecular weight excluding hydrogens is 495 g/mol. The molecule has 36 heavy (non-hydrogen) atoms. The third-order valence-corrected chi connectivity index (χ3v) is 5.97. The van der Waals surface area contributed by atoms with Crippen molar-refractivity contribution in [2.45, 2.75) is 0 Å². The second-order valence-corrected chi connectivity index (χ2v) is 8.23. The number of halogens is 3. The van der Waals surface area contributed by atoms with Crippen LogP contribution in [0, 0.1) is 17.5 Å². The van der Waals surface area contributed by atoms with E-state index in [9.17, 15) is 22.8 Å². The van der Waals surface area contributed by atoms with Crippen molar-refractivity contribution in [1.82, 2.24) is 15.3 Å². The van der Waals surface area contributed by atoms with Crippen LogP contribution in [0.2, 0.25) is 0 Å². The van der Waals surface area contributed by atoms with Crippen molar-refractivity contribution in [2.24, 2.45) is 0 Å². The van der Waals surface area contributed by atoms with Gasteiger partial charge in [-0.05, 0) is 35.9 Å². The van der Waals surface area contributed by atoms with Crippen LogP contribution in [0.5, 0.6) is 11.5 Å². The van der Waals surface area contributed by atoms with Crippen molar-refractivity contribution in [3.05, 3.63) is 83.6 Å². The Kier molecular flexibility index (Phi) is 7.15. The highest BCUT2D eigenvalue weighted by atomic mass is 32.1. The van der Waals surface area contributed by atoms with Crippen molar-refractivity contribution >= 4 is 34.0 Å². The van der Waals surface area contributed by atoms with Crippen LogP contribution < -0.4 is 20.7 Å². The average molecular weight is 514 g/mol. The van der Waals surface area contributed by atoms with Crippen LogP contribution in [0.3, 0.4) is 0 Å². The van der Waals surface area contributed by atoms with Gasteiger partial charge in [0.05, 0.1) is 4.88 Å². The van der Waals surface area contributed by atoms with Gasteiger partial charge < -0.3 is 20.7 Å². The first-order valence-corrected chi connectivity index (χ1v) is 11.2. The molecule has 8 nitrogen and oxygen atoms in total. The average Bonchev–Trinajstić information content (AvgIpc) is 3.32. The van der Waals surface area contributed by atoms with Crippen molar-refractivity contribution in [3.63, 3.8) is 0 Å². The first-order valence-electron chi connectivity index (χ1n) is 10.4. The molecule has 3 N–H and O–H groups in total. The molecule has 4 rings (SSSR count). The van der Waals surface area contributed by atoms with E-state index in [1.807, 2.05) is 0 Å². The summed E-state index contributed by atoms with van der Waals surface area (Å²) in [4.78, 5) is 33.1. The molecule has 0 radical (unpaired) electrons. The maximum atomic E-state index is 14.7. The summed E-state index contributed by atoms with van der Waals surface area (Å²) in [6, 6.07) is 9.86. The molecule has 0 atom stereocenters. The molecule has 2 aromatic heterocycles. The summed E-state index contributed by atoms with van der Waals surface area (Å²) in [7, 11) is 3.06. The Bertz CT molecular complexity index is 1460. The summed E-state index contributed by atoms with van der Waals surface area (Å²) < 4.78 is 47.4. The number of aromatic nitrogens is 2. The lowest BCUT2D eigenvalue weighted by Gasteiger charge is -2.10. The molecule has 2 heterocycles. The molecule has 0 aliphatic carbocycles. The lowest BCUT2D eigenvalue weighted by molar-refractivity contribution is 0.0957. The van der Waals surface area contributed by atoms with Crippen LogP contribution in [-0.2, 0) is 0 Å². The summed E-state index contributed by atoms with van der Waals surface area (Å²) in [5.41, 5.74) is 0.428. The van der Waals surface area contributed by atoms with Crippen LogP contribution in [0.1, 0.15) is 21.0 Å². The Morgan fingerprint density at radius 1 is 0.917 bits per heavy atom. The molecule has 0 aliphatic rings. The summed E-state index contributed by atoms with van der Waals surface area (Å²) in [5, 5.41) is 8.17. The molecular formula is C24H18F3N5O3S. The zero-order chi connectivity index (χ0) is 25.8. The summed E-state index contributed by atoms with van der Waals surface area (Å²) >= 11 is 1.08. The van der Waals surface area contributed by atoms with E-state index in [0.717, 1.165) is 29.5 Å². The van der Waals surface area contributed by atoms with Gasteiger partial charge in [0.25, 0.3) is 11.8 Å². The van der Waals surface area contributed by atoms with E-state index in [1.54, 1.807) is 7.05 Å². The molecule has 0 saturated carbocycles. The summed E-state index contributed by atoms with van der Waals surface area (Å²) in [5.74, 6) is -3.91. The summed E-state index contributed by atoms with van der Waals surface area (Å²) in [6.45, 7) is 0. The maximum Gasteiger partial charge on any atom is 0.275 e. The SMILES string of the molecule is CNC(=O)c1cc(Oc2ccc(NC(=O)c3nc(NC)sc3-c3ccc(F)c(F)c3)cc2F)ccn1. The fourth-order valence-electron chi connectivity index (χ4n) is 3.12. The second kappa shape index (κ2) is 10.4. The standard InChI is InChI=1S/C24H18F3N5O3S/c1-28-22(33)18-11-14(7-8-30-18)35-19-6-4-13(10-17(19)27)31-23(34)20-21(36-24(29-2)32-20)12-3-5-15(25)16(26)9-12/h3-11H,1-2H3,(H,28,33)(H,29,32)(H,31,34). The molecule has 0 saturated heterocycles. The zero-order valence-electron chi connectivity index (χ0n) is 18.9. The molecule has 184 valence electrons. The monoisotopic (exact) mass is 513 g/mol. The van der Waals surface area contributed by atoms with E-state index in [1.165, 1.54) is 43.6 Å². The highest BCUT2D eigenvalue weighted by Crippen LogP contribution is 2.34. The number of ether oxygens (including phenoxy) is 1. The Morgan fingerprint density at radius 3 is 2.42 bits per heavy atom. The van der Waals surface area contributed by atoms with Crippen molar-refractivity contribution in [1.29, 1.82) is 0 Å². The third-order valence-electron chi connectivity index (χ3n) is 4.85. The largest absolute Gasteiger partial charge is 0.454 e. The molecule has 0 spiro atoms. The minimum Gasteiger partial charge on any atom is -0.454 e. The number of pyridine rings is 1. The Hall–Kier alpha value is -4.45. The van der Waals surface area contributed by atoms with Crippen molar-refractivity contribution < 1.29 is 27.5 Å². The first-order chi connectivity index (χ1) is 17.3.